The lowest BCUT2D eigenvalue weighted by molar-refractivity contribution is -0.126. The lowest BCUT2D eigenvalue weighted by Crippen LogP contribution is -2.43. The minimum Gasteiger partial charge on any atom is -0.356 e. The van der Waals surface area contributed by atoms with E-state index in [1.54, 1.807) is 0 Å². The molecule has 1 saturated heterocycles. The summed E-state index contributed by atoms with van der Waals surface area (Å²) in [4.78, 5) is 12.1. The molecule has 112 valence electrons. The minimum atomic E-state index is 0. The first kappa shape index (κ1) is 16.8. The van der Waals surface area contributed by atoms with Gasteiger partial charge < -0.3 is 10.6 Å². The summed E-state index contributed by atoms with van der Waals surface area (Å²) in [6.07, 6.45) is 7.29. The largest absolute Gasteiger partial charge is 0.356 e. The van der Waals surface area contributed by atoms with Crippen LogP contribution in [0.3, 0.4) is 0 Å². The maximum atomic E-state index is 12.1. The lowest BCUT2D eigenvalue weighted by atomic mass is 9.82. The van der Waals surface area contributed by atoms with Crippen molar-refractivity contribution in [2.45, 2.75) is 58.4 Å². The Hall–Kier alpha value is -0.280. The SMILES string of the molecule is CC1CCCC(CNC(=O)[C@H]2CCN[C@@H](C)C2)C1.Cl. The minimum absolute atomic E-state index is 0. The number of nitrogens with one attached hydrogen (secondary N) is 2. The number of hydrogen-bond acceptors (Lipinski definition) is 2. The summed E-state index contributed by atoms with van der Waals surface area (Å²) in [5, 5.41) is 6.59. The molecule has 3 nitrogen and oxygen atoms in total. The zero-order chi connectivity index (χ0) is 13.0. The Morgan fingerprint density at radius 2 is 2.00 bits per heavy atom. The molecule has 2 unspecified atom stereocenters. The highest BCUT2D eigenvalue weighted by molar-refractivity contribution is 5.85. The first-order valence-electron chi connectivity index (χ1n) is 7.66. The van der Waals surface area contributed by atoms with Crippen LogP contribution in [0.2, 0.25) is 0 Å². The van der Waals surface area contributed by atoms with Gasteiger partial charge in [-0.15, -0.1) is 12.4 Å². The number of carbonyl (C=O) groups excluding carboxylic acids is 1. The van der Waals surface area contributed by atoms with Gasteiger partial charge in [-0.1, -0.05) is 19.8 Å². The summed E-state index contributed by atoms with van der Waals surface area (Å²) >= 11 is 0. The molecule has 1 heterocycles. The fourth-order valence-electron chi connectivity index (χ4n) is 3.50. The molecule has 4 atom stereocenters. The van der Waals surface area contributed by atoms with Crippen molar-refractivity contribution in [3.8, 4) is 0 Å². The van der Waals surface area contributed by atoms with Gasteiger partial charge in [0, 0.05) is 18.5 Å². The third kappa shape index (κ3) is 5.31. The Morgan fingerprint density at radius 1 is 1.21 bits per heavy atom. The van der Waals surface area contributed by atoms with Crippen LogP contribution in [-0.2, 0) is 4.79 Å². The Labute approximate surface area is 123 Å². The number of piperidine rings is 1. The second kappa shape index (κ2) is 8.11. The molecule has 1 amide bonds. The van der Waals surface area contributed by atoms with E-state index in [2.05, 4.69) is 24.5 Å². The van der Waals surface area contributed by atoms with E-state index in [0.29, 0.717) is 11.9 Å². The molecule has 2 N–H and O–H groups in total. The van der Waals surface area contributed by atoms with Crippen molar-refractivity contribution in [2.75, 3.05) is 13.1 Å². The van der Waals surface area contributed by atoms with Gasteiger partial charge in [-0.25, -0.2) is 0 Å². The van der Waals surface area contributed by atoms with Gasteiger partial charge in [-0.2, -0.15) is 0 Å². The van der Waals surface area contributed by atoms with Crippen molar-refractivity contribution >= 4 is 18.3 Å². The number of carbonyl (C=O) groups is 1. The van der Waals surface area contributed by atoms with Crippen LogP contribution in [0.15, 0.2) is 0 Å². The first-order valence-corrected chi connectivity index (χ1v) is 7.66. The Morgan fingerprint density at radius 3 is 2.68 bits per heavy atom. The molecule has 2 rings (SSSR count). The molecule has 1 aliphatic heterocycles. The first-order chi connectivity index (χ1) is 8.65. The van der Waals surface area contributed by atoms with Crippen molar-refractivity contribution in [1.82, 2.24) is 10.6 Å². The van der Waals surface area contributed by atoms with Crippen LogP contribution in [0.4, 0.5) is 0 Å². The molecule has 0 aromatic heterocycles. The topological polar surface area (TPSA) is 41.1 Å². The third-order valence-corrected chi connectivity index (χ3v) is 4.60. The third-order valence-electron chi connectivity index (χ3n) is 4.60. The maximum Gasteiger partial charge on any atom is 0.223 e. The molecule has 19 heavy (non-hydrogen) atoms. The molecule has 4 heteroatoms. The number of halogens is 1. The van der Waals surface area contributed by atoms with Crippen molar-refractivity contribution in [3.05, 3.63) is 0 Å². The predicted molar refractivity (Wildman–Crippen MR) is 81.6 cm³/mol. The van der Waals surface area contributed by atoms with E-state index in [-0.39, 0.29) is 18.3 Å². The van der Waals surface area contributed by atoms with E-state index in [1.807, 2.05) is 0 Å². The van der Waals surface area contributed by atoms with E-state index in [1.165, 1.54) is 25.7 Å². The summed E-state index contributed by atoms with van der Waals surface area (Å²) in [6, 6.07) is 0.490. The summed E-state index contributed by atoms with van der Waals surface area (Å²) in [5.74, 6) is 2.10. The second-order valence-electron chi connectivity index (χ2n) is 6.46. The molecule has 0 aromatic rings. The fourth-order valence-corrected chi connectivity index (χ4v) is 3.50. The molecular weight excluding hydrogens is 260 g/mol. The normalized spacial score (nSPS) is 35.3. The lowest BCUT2D eigenvalue weighted by Gasteiger charge is -2.29. The molecule has 2 aliphatic rings. The van der Waals surface area contributed by atoms with Crippen molar-refractivity contribution in [1.29, 1.82) is 0 Å². The van der Waals surface area contributed by atoms with Gasteiger partial charge >= 0.3 is 0 Å². The summed E-state index contributed by atoms with van der Waals surface area (Å²) in [5.41, 5.74) is 0. The van der Waals surface area contributed by atoms with Crippen LogP contribution in [0, 0.1) is 17.8 Å². The van der Waals surface area contributed by atoms with Gasteiger partial charge in [0.05, 0.1) is 0 Å². The van der Waals surface area contributed by atoms with Gasteiger partial charge in [0.1, 0.15) is 0 Å². The Kier molecular flexibility index (Phi) is 7.16. The van der Waals surface area contributed by atoms with Crippen molar-refractivity contribution in [2.24, 2.45) is 17.8 Å². The van der Waals surface area contributed by atoms with Crippen molar-refractivity contribution in [3.63, 3.8) is 0 Å². The van der Waals surface area contributed by atoms with Gasteiger partial charge in [0.25, 0.3) is 0 Å². The number of amides is 1. The van der Waals surface area contributed by atoms with Crippen LogP contribution < -0.4 is 10.6 Å². The van der Waals surface area contributed by atoms with Gasteiger partial charge in [0.15, 0.2) is 0 Å². The van der Waals surface area contributed by atoms with E-state index < -0.39 is 0 Å². The Balaban J connectivity index is 0.00000180. The van der Waals surface area contributed by atoms with E-state index in [9.17, 15) is 4.79 Å². The predicted octanol–water partition coefficient (Wildman–Crippen LogP) is 2.74. The van der Waals surface area contributed by atoms with Gasteiger partial charge in [-0.05, 0) is 51.0 Å². The highest BCUT2D eigenvalue weighted by atomic mass is 35.5. The molecule has 0 bridgehead atoms. The Bertz CT molecular complexity index is 285. The summed E-state index contributed by atoms with van der Waals surface area (Å²) < 4.78 is 0. The number of hydrogen-bond donors (Lipinski definition) is 2. The van der Waals surface area contributed by atoms with Gasteiger partial charge in [-0.3, -0.25) is 4.79 Å². The molecule has 0 spiro atoms. The standard InChI is InChI=1S/C15H28N2O.ClH/c1-11-4-3-5-13(8-11)10-17-15(18)14-6-7-16-12(2)9-14;/h11-14,16H,3-10H2,1-2H3,(H,17,18);1H/t11?,12-,13?,14-;/m0./s1. The smallest absolute Gasteiger partial charge is 0.223 e. The van der Waals surface area contributed by atoms with Gasteiger partial charge in [0.2, 0.25) is 5.91 Å². The van der Waals surface area contributed by atoms with Crippen LogP contribution in [-0.4, -0.2) is 25.0 Å². The van der Waals surface area contributed by atoms with E-state index >= 15 is 0 Å². The zero-order valence-electron chi connectivity index (χ0n) is 12.3. The highest BCUT2D eigenvalue weighted by Crippen LogP contribution is 2.28. The second-order valence-corrected chi connectivity index (χ2v) is 6.46. The number of rotatable bonds is 3. The van der Waals surface area contributed by atoms with E-state index in [0.717, 1.165) is 37.8 Å². The maximum absolute atomic E-state index is 12.1. The fraction of sp³-hybridized carbons (Fsp3) is 0.933. The average Bonchev–Trinajstić information content (AvgIpc) is 2.36. The summed E-state index contributed by atoms with van der Waals surface area (Å²) in [6.45, 7) is 6.39. The van der Waals surface area contributed by atoms with E-state index in [4.69, 9.17) is 0 Å². The monoisotopic (exact) mass is 288 g/mol. The summed E-state index contributed by atoms with van der Waals surface area (Å²) in [7, 11) is 0. The molecule has 1 saturated carbocycles. The molecular formula is C15H29ClN2O. The highest BCUT2D eigenvalue weighted by Gasteiger charge is 2.25. The molecule has 1 aliphatic carbocycles. The van der Waals surface area contributed by atoms with Crippen LogP contribution in [0.25, 0.3) is 0 Å². The van der Waals surface area contributed by atoms with Crippen LogP contribution in [0.1, 0.15) is 52.4 Å². The quantitative estimate of drug-likeness (QED) is 0.838. The van der Waals surface area contributed by atoms with Crippen LogP contribution >= 0.6 is 12.4 Å². The van der Waals surface area contributed by atoms with Crippen LogP contribution in [0.5, 0.6) is 0 Å². The zero-order valence-corrected chi connectivity index (χ0v) is 13.1. The molecule has 0 radical (unpaired) electrons. The molecule has 2 fully saturated rings. The van der Waals surface area contributed by atoms with Crippen molar-refractivity contribution < 1.29 is 4.79 Å². The molecule has 0 aromatic carbocycles. The average molecular weight is 289 g/mol.